The number of fused-ring (bicyclic) bond motifs is 1. The van der Waals surface area contributed by atoms with Crippen molar-refractivity contribution in [2.45, 2.75) is 32.7 Å². The minimum Gasteiger partial charge on any atom is -0.349 e. The van der Waals surface area contributed by atoms with Gasteiger partial charge in [0, 0.05) is 12.3 Å². The minimum atomic E-state index is -0.0142. The van der Waals surface area contributed by atoms with Crippen molar-refractivity contribution in [1.29, 1.82) is 0 Å². The lowest BCUT2D eigenvalue weighted by atomic mass is 9.93. The molecule has 86 valence electrons. The van der Waals surface area contributed by atoms with E-state index in [1.807, 2.05) is 25.3 Å². The quantitative estimate of drug-likeness (QED) is 0.859. The summed E-state index contributed by atoms with van der Waals surface area (Å²) >= 11 is 1.47. The molecule has 1 aromatic heterocycles. The summed E-state index contributed by atoms with van der Waals surface area (Å²) in [6.07, 6.45) is 1.26. The van der Waals surface area contributed by atoms with Crippen LogP contribution >= 0.6 is 11.3 Å². The maximum Gasteiger partial charge on any atom is 0.223 e. The van der Waals surface area contributed by atoms with Gasteiger partial charge in [0.25, 0.3) is 0 Å². The number of hydrogen-bond donors (Lipinski definition) is 1. The summed E-state index contributed by atoms with van der Waals surface area (Å²) in [5.74, 6) is 0.247. The molecule has 0 saturated heterocycles. The minimum absolute atomic E-state index is 0.0142. The van der Waals surface area contributed by atoms with Crippen LogP contribution in [-0.4, -0.2) is 11.7 Å². The maximum atomic E-state index is 11.6. The molecule has 4 heteroatoms. The van der Waals surface area contributed by atoms with Gasteiger partial charge in [0.05, 0.1) is 10.9 Å². The Morgan fingerprint density at radius 1 is 1.56 bits per heavy atom. The summed E-state index contributed by atoms with van der Waals surface area (Å²) < 4.78 is 0. The number of Topliss-reactive ketones (excluding diaryl/α,β-unsaturated/α-hetero) is 1. The number of nitrogens with one attached hydrogen (secondary N) is 1. The van der Waals surface area contributed by atoms with Crippen LogP contribution in [0.15, 0.2) is 11.4 Å². The first kappa shape index (κ1) is 11.3. The van der Waals surface area contributed by atoms with Crippen LogP contribution in [-0.2, 0) is 4.79 Å². The fraction of sp³-hybridized carbons (Fsp3) is 0.500. The average molecular weight is 237 g/mol. The SMILES string of the molecule is CC(C)C(=O)NC1CCC(=O)c2sccc21. The highest BCUT2D eigenvalue weighted by Crippen LogP contribution is 2.33. The van der Waals surface area contributed by atoms with Crippen molar-refractivity contribution in [2.24, 2.45) is 5.92 Å². The number of thiophene rings is 1. The van der Waals surface area contributed by atoms with E-state index in [0.717, 1.165) is 16.9 Å². The standard InChI is InChI=1S/C12H15NO2S/c1-7(2)12(15)13-9-3-4-10(14)11-8(9)5-6-16-11/h5-7,9H,3-4H2,1-2H3,(H,13,15). The summed E-state index contributed by atoms with van der Waals surface area (Å²) in [5.41, 5.74) is 0.996. The molecule has 0 fully saturated rings. The normalized spacial score (nSPS) is 19.7. The van der Waals surface area contributed by atoms with E-state index in [1.165, 1.54) is 11.3 Å². The Kier molecular flexibility index (Phi) is 3.10. The molecule has 16 heavy (non-hydrogen) atoms. The van der Waals surface area contributed by atoms with Crippen molar-refractivity contribution in [1.82, 2.24) is 5.32 Å². The molecule has 1 unspecified atom stereocenters. The molecule has 2 rings (SSSR count). The third-order valence-corrected chi connectivity index (χ3v) is 3.80. The first-order valence-corrected chi connectivity index (χ1v) is 6.38. The second kappa shape index (κ2) is 4.37. The highest BCUT2D eigenvalue weighted by atomic mass is 32.1. The van der Waals surface area contributed by atoms with Crippen molar-refractivity contribution in [3.63, 3.8) is 0 Å². The van der Waals surface area contributed by atoms with Crippen LogP contribution in [0.2, 0.25) is 0 Å². The highest BCUT2D eigenvalue weighted by Gasteiger charge is 2.28. The third-order valence-electron chi connectivity index (χ3n) is 2.83. The van der Waals surface area contributed by atoms with E-state index >= 15 is 0 Å². The number of carbonyl (C=O) groups excluding carboxylic acids is 2. The lowest BCUT2D eigenvalue weighted by Gasteiger charge is -2.23. The van der Waals surface area contributed by atoms with Gasteiger partial charge in [0.15, 0.2) is 5.78 Å². The van der Waals surface area contributed by atoms with E-state index in [0.29, 0.717) is 6.42 Å². The van der Waals surface area contributed by atoms with E-state index in [9.17, 15) is 9.59 Å². The van der Waals surface area contributed by atoms with Crippen molar-refractivity contribution in [3.8, 4) is 0 Å². The number of ketones is 1. The molecule has 0 saturated carbocycles. The molecule has 1 aliphatic carbocycles. The van der Waals surface area contributed by atoms with E-state index < -0.39 is 0 Å². The largest absolute Gasteiger partial charge is 0.349 e. The van der Waals surface area contributed by atoms with E-state index in [2.05, 4.69) is 5.32 Å². The number of rotatable bonds is 2. The molecule has 1 heterocycles. The fourth-order valence-corrected chi connectivity index (χ4v) is 2.78. The Balaban J connectivity index is 2.18. The molecule has 0 aromatic carbocycles. The molecule has 0 radical (unpaired) electrons. The van der Waals surface area contributed by atoms with Crippen LogP contribution in [0.25, 0.3) is 0 Å². The van der Waals surface area contributed by atoms with E-state index in [-0.39, 0.29) is 23.7 Å². The summed E-state index contributed by atoms with van der Waals surface area (Å²) in [7, 11) is 0. The predicted octanol–water partition coefficient (Wildman–Crippen LogP) is 2.54. The topological polar surface area (TPSA) is 46.2 Å². The van der Waals surface area contributed by atoms with Crippen molar-refractivity contribution >= 4 is 23.0 Å². The Bertz CT molecular complexity index is 422. The van der Waals surface area contributed by atoms with Crippen molar-refractivity contribution in [2.75, 3.05) is 0 Å². The van der Waals surface area contributed by atoms with Crippen LogP contribution in [0.1, 0.15) is 48.0 Å². The van der Waals surface area contributed by atoms with Gasteiger partial charge < -0.3 is 5.32 Å². The molecule has 0 bridgehead atoms. The fourth-order valence-electron chi connectivity index (χ4n) is 1.85. The maximum absolute atomic E-state index is 11.6. The van der Waals surface area contributed by atoms with Crippen LogP contribution in [0.3, 0.4) is 0 Å². The van der Waals surface area contributed by atoms with Crippen LogP contribution in [0.5, 0.6) is 0 Å². The van der Waals surface area contributed by atoms with Gasteiger partial charge in [0.1, 0.15) is 0 Å². The Hall–Kier alpha value is -1.16. The van der Waals surface area contributed by atoms with Crippen molar-refractivity contribution < 1.29 is 9.59 Å². The Labute approximate surface area is 98.9 Å². The van der Waals surface area contributed by atoms with Gasteiger partial charge in [-0.3, -0.25) is 9.59 Å². The van der Waals surface area contributed by atoms with Crippen LogP contribution in [0.4, 0.5) is 0 Å². The third kappa shape index (κ3) is 2.02. The molecular formula is C12H15NO2S. The molecule has 1 aromatic rings. The van der Waals surface area contributed by atoms with E-state index in [1.54, 1.807) is 0 Å². The molecule has 1 aliphatic rings. The smallest absolute Gasteiger partial charge is 0.223 e. The zero-order valence-corrected chi connectivity index (χ0v) is 10.3. The summed E-state index contributed by atoms with van der Waals surface area (Å²) in [4.78, 5) is 24.1. The lowest BCUT2D eigenvalue weighted by molar-refractivity contribution is -0.124. The molecule has 1 atom stereocenters. The van der Waals surface area contributed by atoms with Gasteiger partial charge in [-0.25, -0.2) is 0 Å². The second-order valence-corrected chi connectivity index (χ2v) is 5.30. The Morgan fingerprint density at radius 3 is 3.00 bits per heavy atom. The summed E-state index contributed by atoms with van der Waals surface area (Å²) in [5, 5.41) is 4.92. The van der Waals surface area contributed by atoms with Crippen molar-refractivity contribution in [3.05, 3.63) is 21.9 Å². The van der Waals surface area contributed by atoms with Gasteiger partial charge in [-0.05, 0) is 23.4 Å². The van der Waals surface area contributed by atoms with Crippen LogP contribution < -0.4 is 5.32 Å². The molecule has 3 nitrogen and oxygen atoms in total. The predicted molar refractivity (Wildman–Crippen MR) is 63.6 cm³/mol. The zero-order chi connectivity index (χ0) is 11.7. The summed E-state index contributed by atoms with van der Waals surface area (Å²) in [6, 6.07) is 1.97. The molecular weight excluding hydrogens is 222 g/mol. The first-order valence-electron chi connectivity index (χ1n) is 5.50. The highest BCUT2D eigenvalue weighted by molar-refractivity contribution is 7.12. The number of hydrogen-bond acceptors (Lipinski definition) is 3. The molecule has 0 aliphatic heterocycles. The van der Waals surface area contributed by atoms with E-state index in [4.69, 9.17) is 0 Å². The van der Waals surface area contributed by atoms with Crippen LogP contribution in [0, 0.1) is 5.92 Å². The van der Waals surface area contributed by atoms with Gasteiger partial charge in [-0.2, -0.15) is 0 Å². The number of amides is 1. The first-order chi connectivity index (χ1) is 7.59. The summed E-state index contributed by atoms with van der Waals surface area (Å²) in [6.45, 7) is 3.75. The monoisotopic (exact) mass is 237 g/mol. The zero-order valence-electron chi connectivity index (χ0n) is 9.45. The Morgan fingerprint density at radius 2 is 2.31 bits per heavy atom. The molecule has 1 amide bonds. The average Bonchev–Trinajstić information content (AvgIpc) is 2.71. The number of carbonyl (C=O) groups is 2. The van der Waals surface area contributed by atoms with Gasteiger partial charge in [-0.1, -0.05) is 13.8 Å². The molecule has 1 N–H and O–H groups in total. The lowest BCUT2D eigenvalue weighted by Crippen LogP contribution is -2.34. The van der Waals surface area contributed by atoms with Gasteiger partial charge in [-0.15, -0.1) is 11.3 Å². The van der Waals surface area contributed by atoms with Gasteiger partial charge >= 0.3 is 0 Å². The second-order valence-electron chi connectivity index (χ2n) is 4.38. The molecule has 0 spiro atoms. The van der Waals surface area contributed by atoms with Gasteiger partial charge in [0.2, 0.25) is 5.91 Å².